The minimum absolute atomic E-state index is 0.106. The highest BCUT2D eigenvalue weighted by Crippen LogP contribution is 2.13. The van der Waals surface area contributed by atoms with Gasteiger partial charge in [-0.15, -0.1) is 6.58 Å². The second-order valence-corrected chi connectivity index (χ2v) is 6.31. The largest absolute Gasteiger partial charge is 0.497 e. The zero-order valence-corrected chi connectivity index (χ0v) is 15.8. The molecule has 0 atom stereocenters. The second kappa shape index (κ2) is 7.96. The number of hydrogen-bond acceptors (Lipinski definition) is 4. The fourth-order valence-electron chi connectivity index (χ4n) is 2.98. The van der Waals surface area contributed by atoms with Crippen molar-refractivity contribution in [3.63, 3.8) is 0 Å². The Kier molecular flexibility index (Phi) is 5.44. The summed E-state index contributed by atoms with van der Waals surface area (Å²) in [4.78, 5) is 37.5. The van der Waals surface area contributed by atoms with Crippen molar-refractivity contribution in [3.05, 3.63) is 87.1 Å². The van der Waals surface area contributed by atoms with E-state index in [1.165, 1.54) is 16.7 Å². The van der Waals surface area contributed by atoms with E-state index in [0.717, 1.165) is 15.9 Å². The molecule has 0 bridgehead atoms. The van der Waals surface area contributed by atoms with Gasteiger partial charge >= 0.3 is 5.69 Å². The van der Waals surface area contributed by atoms with E-state index in [1.807, 2.05) is 24.3 Å². The minimum atomic E-state index is -0.442. The second-order valence-electron chi connectivity index (χ2n) is 6.31. The first-order chi connectivity index (χ1) is 13.5. The Labute approximate surface area is 161 Å². The summed E-state index contributed by atoms with van der Waals surface area (Å²) in [5.41, 5.74) is 0.881. The Morgan fingerprint density at radius 1 is 1.18 bits per heavy atom. The van der Waals surface area contributed by atoms with Crippen LogP contribution in [0.5, 0.6) is 5.75 Å². The van der Waals surface area contributed by atoms with Gasteiger partial charge in [0.15, 0.2) is 0 Å². The van der Waals surface area contributed by atoms with Gasteiger partial charge in [0.05, 0.1) is 18.0 Å². The monoisotopic (exact) mass is 379 g/mol. The first kappa shape index (κ1) is 19.2. The maximum absolute atomic E-state index is 12.7. The smallest absolute Gasteiger partial charge is 0.331 e. The lowest BCUT2D eigenvalue weighted by atomic mass is 10.1. The van der Waals surface area contributed by atoms with Crippen molar-refractivity contribution in [2.24, 2.45) is 7.05 Å². The van der Waals surface area contributed by atoms with Crippen LogP contribution in [0.1, 0.15) is 15.9 Å². The van der Waals surface area contributed by atoms with Crippen molar-refractivity contribution in [3.8, 4) is 5.75 Å². The van der Waals surface area contributed by atoms with E-state index in [1.54, 1.807) is 26.3 Å². The number of aromatic nitrogens is 2. The summed E-state index contributed by atoms with van der Waals surface area (Å²) in [6.07, 6.45) is 1.49. The molecule has 1 heterocycles. The van der Waals surface area contributed by atoms with Crippen LogP contribution < -0.4 is 21.3 Å². The summed E-state index contributed by atoms with van der Waals surface area (Å²) in [6, 6.07) is 12.1. The van der Waals surface area contributed by atoms with E-state index in [-0.39, 0.29) is 12.5 Å². The van der Waals surface area contributed by atoms with Gasteiger partial charge in [-0.2, -0.15) is 0 Å². The third-order valence-corrected chi connectivity index (χ3v) is 4.54. The lowest BCUT2D eigenvalue weighted by Crippen LogP contribution is -2.38. The molecule has 2 aromatic carbocycles. The Balaban J connectivity index is 1.90. The molecule has 3 rings (SSSR count). The van der Waals surface area contributed by atoms with Gasteiger partial charge in [0.2, 0.25) is 0 Å². The van der Waals surface area contributed by atoms with Gasteiger partial charge in [-0.3, -0.25) is 18.7 Å². The molecule has 0 aliphatic rings. The van der Waals surface area contributed by atoms with Crippen LogP contribution in [0.15, 0.2) is 64.7 Å². The molecule has 0 saturated carbocycles. The third kappa shape index (κ3) is 3.59. The molecule has 7 heteroatoms. The Morgan fingerprint density at radius 3 is 2.54 bits per heavy atom. The summed E-state index contributed by atoms with van der Waals surface area (Å²) < 4.78 is 7.59. The topological polar surface area (TPSA) is 82.3 Å². The molecule has 0 aliphatic heterocycles. The Morgan fingerprint density at radius 2 is 1.89 bits per heavy atom. The number of methoxy groups -OCH3 is 1. The van der Waals surface area contributed by atoms with Crippen LogP contribution in [-0.2, 0) is 20.1 Å². The van der Waals surface area contributed by atoms with E-state index in [0.29, 0.717) is 23.0 Å². The zero-order valence-electron chi connectivity index (χ0n) is 15.8. The molecule has 1 N–H and O–H groups in total. The normalized spacial score (nSPS) is 10.6. The van der Waals surface area contributed by atoms with Crippen LogP contribution in [0, 0.1) is 0 Å². The number of rotatable bonds is 6. The zero-order chi connectivity index (χ0) is 20.3. The fourth-order valence-corrected chi connectivity index (χ4v) is 2.98. The average Bonchev–Trinajstić information content (AvgIpc) is 2.73. The van der Waals surface area contributed by atoms with E-state index in [2.05, 4.69) is 11.9 Å². The van der Waals surface area contributed by atoms with Gasteiger partial charge in [0.25, 0.3) is 11.5 Å². The first-order valence-corrected chi connectivity index (χ1v) is 8.72. The lowest BCUT2D eigenvalue weighted by Gasteiger charge is -2.11. The highest BCUT2D eigenvalue weighted by molar-refractivity contribution is 5.97. The average molecular weight is 379 g/mol. The number of aryl methyl sites for hydroxylation is 1. The van der Waals surface area contributed by atoms with E-state index >= 15 is 0 Å². The van der Waals surface area contributed by atoms with Crippen LogP contribution in [0.4, 0.5) is 0 Å². The number of nitrogens with one attached hydrogen (secondary N) is 1. The van der Waals surface area contributed by atoms with Gasteiger partial charge in [-0.1, -0.05) is 18.2 Å². The van der Waals surface area contributed by atoms with Crippen LogP contribution >= 0.6 is 0 Å². The molecule has 0 unspecified atom stereocenters. The van der Waals surface area contributed by atoms with E-state index in [4.69, 9.17) is 4.74 Å². The molecule has 0 aliphatic carbocycles. The van der Waals surface area contributed by atoms with Crippen LogP contribution in [0.3, 0.4) is 0 Å². The van der Waals surface area contributed by atoms with Gasteiger partial charge < -0.3 is 10.1 Å². The van der Waals surface area contributed by atoms with Crippen molar-refractivity contribution in [1.29, 1.82) is 0 Å². The predicted octanol–water partition coefficient (Wildman–Crippen LogP) is 1.82. The highest BCUT2D eigenvalue weighted by atomic mass is 16.5. The van der Waals surface area contributed by atoms with Crippen molar-refractivity contribution >= 4 is 16.8 Å². The van der Waals surface area contributed by atoms with E-state index in [9.17, 15) is 14.4 Å². The number of hydrogen-bond donors (Lipinski definition) is 1. The molecule has 0 spiro atoms. The van der Waals surface area contributed by atoms with Crippen molar-refractivity contribution in [1.82, 2.24) is 14.5 Å². The minimum Gasteiger partial charge on any atom is -0.497 e. The number of fused-ring (bicyclic) bond motifs is 1. The molecule has 144 valence electrons. The molecule has 0 saturated heterocycles. The summed E-state index contributed by atoms with van der Waals surface area (Å²) >= 11 is 0. The predicted molar refractivity (Wildman–Crippen MR) is 108 cm³/mol. The van der Waals surface area contributed by atoms with Crippen molar-refractivity contribution in [2.75, 3.05) is 7.11 Å². The van der Waals surface area contributed by atoms with Crippen molar-refractivity contribution < 1.29 is 9.53 Å². The Bertz CT molecular complexity index is 1160. The molecular formula is C21H21N3O4. The summed E-state index contributed by atoms with van der Waals surface area (Å²) in [6.45, 7) is 4.03. The molecular weight excluding hydrogens is 358 g/mol. The van der Waals surface area contributed by atoms with Gasteiger partial charge in [0, 0.05) is 25.7 Å². The van der Waals surface area contributed by atoms with Crippen LogP contribution in [0.25, 0.3) is 10.9 Å². The van der Waals surface area contributed by atoms with Gasteiger partial charge in [-0.05, 0) is 35.9 Å². The van der Waals surface area contributed by atoms with Gasteiger partial charge in [-0.25, -0.2) is 4.79 Å². The molecule has 28 heavy (non-hydrogen) atoms. The number of carbonyl (C=O) groups is 1. The van der Waals surface area contributed by atoms with Gasteiger partial charge in [0.1, 0.15) is 5.75 Å². The number of carbonyl (C=O) groups excluding carboxylic acids is 1. The maximum Gasteiger partial charge on any atom is 0.331 e. The first-order valence-electron chi connectivity index (χ1n) is 8.72. The molecule has 7 nitrogen and oxygen atoms in total. The SMILES string of the molecule is C=CCn1c(=O)c2cc(C(=O)NCc3ccc(OC)cc3)ccc2n(C)c1=O. The Hall–Kier alpha value is -3.61. The number of benzene rings is 2. The molecule has 0 radical (unpaired) electrons. The maximum atomic E-state index is 12.7. The third-order valence-electron chi connectivity index (χ3n) is 4.54. The summed E-state index contributed by atoms with van der Waals surface area (Å²) in [7, 11) is 3.18. The van der Waals surface area contributed by atoms with Crippen LogP contribution in [-0.4, -0.2) is 22.2 Å². The standard InChI is InChI=1S/C21H21N3O4/c1-4-11-24-20(26)17-12-15(7-10-18(17)23(2)21(24)27)19(25)22-13-14-5-8-16(28-3)9-6-14/h4-10,12H,1,11,13H2,2-3H3,(H,22,25). The van der Waals surface area contributed by atoms with E-state index < -0.39 is 11.2 Å². The molecule has 1 aromatic heterocycles. The fraction of sp³-hybridized carbons (Fsp3) is 0.190. The number of nitrogens with zero attached hydrogens (tertiary/aromatic N) is 2. The summed E-state index contributed by atoms with van der Waals surface area (Å²) in [5.74, 6) is 0.437. The lowest BCUT2D eigenvalue weighted by molar-refractivity contribution is 0.0951. The molecule has 0 fully saturated rings. The molecule has 3 aromatic rings. The molecule has 1 amide bonds. The number of ether oxygens (including phenoxy) is 1. The number of allylic oxidation sites excluding steroid dienone is 1. The van der Waals surface area contributed by atoms with Crippen LogP contribution in [0.2, 0.25) is 0 Å². The number of amides is 1. The highest BCUT2D eigenvalue weighted by Gasteiger charge is 2.13. The van der Waals surface area contributed by atoms with Crippen molar-refractivity contribution in [2.45, 2.75) is 13.1 Å². The quantitative estimate of drug-likeness (QED) is 0.663. The summed E-state index contributed by atoms with van der Waals surface area (Å²) in [5, 5.41) is 3.14.